The number of aromatic nitrogens is 1. The Morgan fingerprint density at radius 2 is 1.88 bits per heavy atom. The van der Waals surface area contributed by atoms with Crippen molar-refractivity contribution in [3.8, 4) is 11.8 Å². The standard InChI is InChI=1S/C17H13Cl2N3O4/c1-10-13(18)6-14(19)17(21-10)22-15(23)8-26-16(24)9-25-12-4-2-11(7-20)3-5-12/h2-6H,8-9H2,1H3,(H,21,22,23). The van der Waals surface area contributed by atoms with Gasteiger partial charge in [-0.2, -0.15) is 5.26 Å². The molecule has 0 aliphatic rings. The summed E-state index contributed by atoms with van der Waals surface area (Å²) in [4.78, 5) is 27.5. The lowest BCUT2D eigenvalue weighted by molar-refractivity contribution is -0.149. The molecule has 0 saturated carbocycles. The monoisotopic (exact) mass is 393 g/mol. The fourth-order valence-electron chi connectivity index (χ4n) is 1.77. The van der Waals surface area contributed by atoms with Gasteiger partial charge in [-0.25, -0.2) is 9.78 Å². The first kappa shape index (κ1) is 19.5. The first-order valence-corrected chi connectivity index (χ1v) is 8.05. The Morgan fingerprint density at radius 1 is 1.19 bits per heavy atom. The number of carbonyl (C=O) groups is 2. The molecule has 0 aliphatic carbocycles. The molecule has 1 aromatic carbocycles. The topological polar surface area (TPSA) is 101 Å². The van der Waals surface area contributed by atoms with E-state index in [-0.39, 0.29) is 17.4 Å². The van der Waals surface area contributed by atoms with E-state index in [1.54, 1.807) is 31.2 Å². The van der Waals surface area contributed by atoms with Crippen LogP contribution in [-0.4, -0.2) is 30.1 Å². The van der Waals surface area contributed by atoms with Crippen molar-refractivity contribution in [3.63, 3.8) is 0 Å². The Morgan fingerprint density at radius 3 is 2.54 bits per heavy atom. The highest BCUT2D eigenvalue weighted by atomic mass is 35.5. The van der Waals surface area contributed by atoms with Crippen LogP contribution in [-0.2, 0) is 14.3 Å². The van der Waals surface area contributed by atoms with Crippen molar-refractivity contribution in [1.82, 2.24) is 4.98 Å². The number of rotatable bonds is 6. The SMILES string of the molecule is Cc1nc(NC(=O)COC(=O)COc2ccc(C#N)cc2)c(Cl)cc1Cl. The van der Waals surface area contributed by atoms with E-state index in [2.05, 4.69) is 10.3 Å². The summed E-state index contributed by atoms with van der Waals surface area (Å²) in [6, 6.07) is 9.64. The molecule has 7 nitrogen and oxygen atoms in total. The molecule has 1 heterocycles. The van der Waals surface area contributed by atoms with E-state index in [1.807, 2.05) is 6.07 Å². The van der Waals surface area contributed by atoms with Crippen LogP contribution in [0.15, 0.2) is 30.3 Å². The number of anilines is 1. The van der Waals surface area contributed by atoms with Crippen LogP contribution in [0.25, 0.3) is 0 Å². The van der Waals surface area contributed by atoms with Crippen molar-refractivity contribution in [2.75, 3.05) is 18.5 Å². The van der Waals surface area contributed by atoms with Gasteiger partial charge >= 0.3 is 5.97 Å². The quantitative estimate of drug-likeness (QED) is 0.756. The molecule has 0 fully saturated rings. The molecule has 1 aromatic heterocycles. The largest absolute Gasteiger partial charge is 0.482 e. The number of halogens is 2. The number of carbonyl (C=O) groups excluding carboxylic acids is 2. The van der Waals surface area contributed by atoms with Crippen LogP contribution < -0.4 is 10.1 Å². The summed E-state index contributed by atoms with van der Waals surface area (Å²) in [5.41, 5.74) is 0.973. The number of hydrogen-bond acceptors (Lipinski definition) is 6. The van der Waals surface area contributed by atoms with Crippen molar-refractivity contribution in [3.05, 3.63) is 51.6 Å². The minimum atomic E-state index is -0.726. The normalized spacial score (nSPS) is 9.92. The Kier molecular flexibility index (Phi) is 6.78. The molecule has 26 heavy (non-hydrogen) atoms. The highest BCUT2D eigenvalue weighted by Crippen LogP contribution is 2.25. The lowest BCUT2D eigenvalue weighted by Crippen LogP contribution is -2.24. The number of esters is 1. The van der Waals surface area contributed by atoms with E-state index in [9.17, 15) is 9.59 Å². The number of nitrogens with one attached hydrogen (secondary N) is 1. The maximum absolute atomic E-state index is 11.8. The minimum Gasteiger partial charge on any atom is -0.482 e. The molecule has 9 heteroatoms. The van der Waals surface area contributed by atoms with Crippen molar-refractivity contribution < 1.29 is 19.1 Å². The van der Waals surface area contributed by atoms with Gasteiger partial charge in [0.1, 0.15) is 5.75 Å². The first-order valence-electron chi connectivity index (χ1n) is 7.30. The fourth-order valence-corrected chi connectivity index (χ4v) is 2.18. The Hall–Kier alpha value is -2.82. The van der Waals surface area contributed by atoms with Crippen LogP contribution >= 0.6 is 23.2 Å². The second kappa shape index (κ2) is 9.04. The van der Waals surface area contributed by atoms with E-state index >= 15 is 0 Å². The molecule has 0 saturated heterocycles. The molecule has 1 amide bonds. The maximum Gasteiger partial charge on any atom is 0.344 e. The van der Waals surface area contributed by atoms with Crippen LogP contribution in [0.4, 0.5) is 5.82 Å². The molecule has 0 unspecified atom stereocenters. The Balaban J connectivity index is 1.78. The van der Waals surface area contributed by atoms with Crippen molar-refractivity contribution in [1.29, 1.82) is 5.26 Å². The molecule has 0 aliphatic heterocycles. The second-order valence-electron chi connectivity index (χ2n) is 5.02. The van der Waals surface area contributed by atoms with E-state index < -0.39 is 18.5 Å². The van der Waals surface area contributed by atoms with Crippen LogP contribution in [0.3, 0.4) is 0 Å². The molecule has 1 N–H and O–H groups in total. The number of nitrogens with zero attached hydrogens (tertiary/aromatic N) is 2. The van der Waals surface area contributed by atoms with E-state index in [4.69, 9.17) is 37.9 Å². The zero-order valence-electron chi connectivity index (χ0n) is 13.6. The van der Waals surface area contributed by atoms with Gasteiger partial charge in [0.15, 0.2) is 19.0 Å². The van der Waals surface area contributed by atoms with Gasteiger partial charge in [0.05, 0.1) is 27.4 Å². The number of benzene rings is 1. The van der Waals surface area contributed by atoms with Gasteiger partial charge in [0.2, 0.25) is 0 Å². The molecule has 0 spiro atoms. The van der Waals surface area contributed by atoms with Gasteiger partial charge < -0.3 is 14.8 Å². The van der Waals surface area contributed by atoms with Gasteiger partial charge in [-0.15, -0.1) is 0 Å². The predicted octanol–water partition coefficient (Wildman–Crippen LogP) is 3.13. The molecule has 2 rings (SSSR count). The molecular weight excluding hydrogens is 381 g/mol. The van der Waals surface area contributed by atoms with E-state index in [0.717, 1.165) is 0 Å². The van der Waals surface area contributed by atoms with Crippen LogP contribution in [0.5, 0.6) is 5.75 Å². The number of aryl methyl sites for hydroxylation is 1. The minimum absolute atomic E-state index is 0.128. The summed E-state index contributed by atoms with van der Waals surface area (Å²) in [7, 11) is 0. The summed E-state index contributed by atoms with van der Waals surface area (Å²) in [5, 5.41) is 11.7. The van der Waals surface area contributed by atoms with Gasteiger partial charge in [-0.1, -0.05) is 23.2 Å². The third-order valence-corrected chi connectivity index (χ3v) is 3.74. The zero-order chi connectivity index (χ0) is 19.1. The number of nitriles is 1. The van der Waals surface area contributed by atoms with Crippen LogP contribution in [0, 0.1) is 18.3 Å². The summed E-state index contributed by atoms with van der Waals surface area (Å²) < 4.78 is 10.0. The lowest BCUT2D eigenvalue weighted by atomic mass is 10.2. The number of pyridine rings is 1. The highest BCUT2D eigenvalue weighted by Gasteiger charge is 2.12. The van der Waals surface area contributed by atoms with Gasteiger partial charge in [0, 0.05) is 0 Å². The first-order chi connectivity index (χ1) is 12.4. The van der Waals surface area contributed by atoms with E-state index in [1.165, 1.54) is 6.07 Å². The summed E-state index contributed by atoms with van der Waals surface area (Å²) in [6.07, 6.45) is 0. The zero-order valence-corrected chi connectivity index (χ0v) is 15.1. The molecule has 134 valence electrons. The highest BCUT2D eigenvalue weighted by molar-refractivity contribution is 6.36. The molecular formula is C17H13Cl2N3O4. The smallest absolute Gasteiger partial charge is 0.344 e. The number of amides is 1. The Bertz CT molecular complexity index is 864. The van der Waals surface area contributed by atoms with Crippen LogP contribution in [0.1, 0.15) is 11.3 Å². The Labute approximate surface area is 159 Å². The van der Waals surface area contributed by atoms with Gasteiger partial charge in [0.25, 0.3) is 5.91 Å². The van der Waals surface area contributed by atoms with Gasteiger partial charge in [-0.05, 0) is 37.3 Å². The third kappa shape index (κ3) is 5.62. The molecule has 2 aromatic rings. The van der Waals surface area contributed by atoms with E-state index in [0.29, 0.717) is 22.0 Å². The average molecular weight is 394 g/mol. The average Bonchev–Trinajstić information content (AvgIpc) is 2.63. The maximum atomic E-state index is 11.8. The van der Waals surface area contributed by atoms with Crippen LogP contribution in [0.2, 0.25) is 10.0 Å². The van der Waals surface area contributed by atoms with Crippen molar-refractivity contribution in [2.24, 2.45) is 0 Å². The molecule has 0 bridgehead atoms. The summed E-state index contributed by atoms with van der Waals surface area (Å²) >= 11 is 11.8. The lowest BCUT2D eigenvalue weighted by Gasteiger charge is -2.09. The van der Waals surface area contributed by atoms with Gasteiger partial charge in [-0.3, -0.25) is 4.79 Å². The predicted molar refractivity (Wildman–Crippen MR) is 95.2 cm³/mol. The van der Waals surface area contributed by atoms with Crippen molar-refractivity contribution >= 4 is 40.9 Å². The number of ether oxygens (including phenoxy) is 2. The second-order valence-corrected chi connectivity index (χ2v) is 5.83. The van der Waals surface area contributed by atoms with Crippen molar-refractivity contribution in [2.45, 2.75) is 6.92 Å². The molecule has 0 atom stereocenters. The number of hydrogen-bond donors (Lipinski definition) is 1. The summed E-state index contributed by atoms with van der Waals surface area (Å²) in [5.74, 6) is -0.801. The molecule has 0 radical (unpaired) electrons. The fraction of sp³-hybridized carbons (Fsp3) is 0.176. The summed E-state index contributed by atoms with van der Waals surface area (Å²) in [6.45, 7) is 0.766. The third-order valence-electron chi connectivity index (χ3n) is 3.07.